The zero-order valence-electron chi connectivity index (χ0n) is 20.9. The number of carbonyl (C=O) groups excluding carboxylic acids is 4. The Bertz CT molecular complexity index is 1120. The summed E-state index contributed by atoms with van der Waals surface area (Å²) in [4.78, 5) is 46.0. The number of Topliss-reactive ketones (excluding diaryl/α,β-unsaturated/α-hetero) is 1. The minimum Gasteiger partial charge on any atom is -0.462 e. The van der Waals surface area contributed by atoms with Crippen molar-refractivity contribution in [1.29, 1.82) is 0 Å². The molecule has 1 atom stereocenters. The van der Waals surface area contributed by atoms with Gasteiger partial charge in [-0.1, -0.05) is 11.6 Å². The van der Waals surface area contributed by atoms with Gasteiger partial charge in [0.2, 0.25) is 0 Å². The van der Waals surface area contributed by atoms with Crippen molar-refractivity contribution >= 4 is 41.5 Å². The number of amides is 2. The van der Waals surface area contributed by atoms with E-state index in [0.717, 1.165) is 13.0 Å². The highest BCUT2D eigenvalue weighted by Gasteiger charge is 2.27. The second-order valence-electron chi connectivity index (χ2n) is 9.27. The van der Waals surface area contributed by atoms with Gasteiger partial charge >= 0.3 is 0 Å². The van der Waals surface area contributed by atoms with Gasteiger partial charge in [-0.15, -0.1) is 0 Å². The van der Waals surface area contributed by atoms with Gasteiger partial charge in [0.1, 0.15) is 22.8 Å². The number of carbonyl (C=O) groups is 4. The molecule has 36 heavy (non-hydrogen) atoms. The Kier molecular flexibility index (Phi) is 10.00. The standard InChI is InChI=1S/C19H23ClN6O3.C5H10O2/c1-23-19(29)10-2-3-14(20)11(6-10)7-13(27)8-15-16(18(22)28)17(21)26(25-15)12-4-5-24-9-12;1-5(2,3)7-4-6/h2-3,6,12,24H,4-5,7-9,21H2,1H3,(H2,22,28)(H,23,29);4H,1-3H3/t12-;/m0./s1. The van der Waals surface area contributed by atoms with Gasteiger partial charge in [-0.25, -0.2) is 4.68 Å². The van der Waals surface area contributed by atoms with Crippen LogP contribution in [0.5, 0.6) is 0 Å². The Labute approximate surface area is 214 Å². The van der Waals surface area contributed by atoms with Gasteiger partial charge in [-0.05, 0) is 57.5 Å². The molecule has 0 unspecified atom stereocenters. The smallest absolute Gasteiger partial charge is 0.293 e. The molecule has 0 saturated carbocycles. The normalized spacial score (nSPS) is 15.0. The SMILES string of the molecule is CC(C)(C)OC=O.CNC(=O)c1ccc(Cl)c(CC(=O)Cc2nn([C@H]3CCNC3)c(N)c2C(N)=O)c1. The molecule has 0 radical (unpaired) electrons. The molecule has 196 valence electrons. The average Bonchev–Trinajstić information content (AvgIpc) is 3.42. The number of primary amides is 1. The highest BCUT2D eigenvalue weighted by atomic mass is 35.5. The molecular weight excluding hydrogens is 488 g/mol. The molecule has 0 aliphatic carbocycles. The van der Waals surface area contributed by atoms with Crippen LogP contribution in [0.15, 0.2) is 18.2 Å². The number of benzene rings is 1. The maximum atomic E-state index is 12.7. The summed E-state index contributed by atoms with van der Waals surface area (Å²) in [6.07, 6.45) is 0.690. The van der Waals surface area contributed by atoms with E-state index in [0.29, 0.717) is 29.2 Å². The third-order valence-electron chi connectivity index (χ3n) is 5.34. The molecule has 1 aromatic heterocycles. The van der Waals surface area contributed by atoms with Crippen molar-refractivity contribution in [3.8, 4) is 0 Å². The van der Waals surface area contributed by atoms with Crippen LogP contribution >= 0.6 is 11.6 Å². The van der Waals surface area contributed by atoms with E-state index in [9.17, 15) is 19.2 Å². The van der Waals surface area contributed by atoms with Crippen molar-refractivity contribution < 1.29 is 23.9 Å². The van der Waals surface area contributed by atoms with Crippen molar-refractivity contribution in [2.24, 2.45) is 5.73 Å². The second kappa shape index (κ2) is 12.5. The van der Waals surface area contributed by atoms with Crippen LogP contribution in [-0.4, -0.2) is 59.6 Å². The number of anilines is 1. The third kappa shape index (κ3) is 7.79. The highest BCUT2D eigenvalue weighted by Crippen LogP contribution is 2.25. The number of nitrogens with zero attached hydrogens (tertiary/aromatic N) is 2. The van der Waals surface area contributed by atoms with E-state index < -0.39 is 5.91 Å². The molecule has 1 fully saturated rings. The van der Waals surface area contributed by atoms with E-state index in [1.54, 1.807) is 22.9 Å². The van der Waals surface area contributed by atoms with E-state index in [-0.39, 0.29) is 53.3 Å². The molecule has 1 aliphatic rings. The van der Waals surface area contributed by atoms with Crippen molar-refractivity contribution in [2.45, 2.75) is 51.7 Å². The lowest BCUT2D eigenvalue weighted by atomic mass is 10.0. The van der Waals surface area contributed by atoms with Gasteiger partial charge < -0.3 is 26.8 Å². The molecular formula is C24H33ClN6O5. The summed E-state index contributed by atoms with van der Waals surface area (Å²) in [6, 6.07) is 4.74. The summed E-state index contributed by atoms with van der Waals surface area (Å²) in [5.74, 6) is -1.04. The van der Waals surface area contributed by atoms with Crippen LogP contribution in [0.2, 0.25) is 5.02 Å². The molecule has 0 spiro atoms. The Balaban J connectivity index is 0.000000572. The van der Waals surface area contributed by atoms with Crippen molar-refractivity contribution in [3.05, 3.63) is 45.6 Å². The zero-order chi connectivity index (χ0) is 27.0. The number of ketones is 1. The maximum Gasteiger partial charge on any atom is 0.293 e. The van der Waals surface area contributed by atoms with Gasteiger partial charge in [-0.3, -0.25) is 19.2 Å². The third-order valence-corrected chi connectivity index (χ3v) is 5.70. The first-order valence-electron chi connectivity index (χ1n) is 11.4. The number of hydrogen-bond donors (Lipinski definition) is 4. The maximum absolute atomic E-state index is 12.7. The molecule has 12 heteroatoms. The summed E-state index contributed by atoms with van der Waals surface area (Å²) in [7, 11) is 1.52. The Morgan fingerprint density at radius 2 is 2.00 bits per heavy atom. The number of nitrogens with one attached hydrogen (secondary N) is 2. The number of nitrogens with two attached hydrogens (primary N) is 2. The number of halogens is 1. The monoisotopic (exact) mass is 520 g/mol. The number of nitrogen functional groups attached to an aromatic ring is 1. The van der Waals surface area contributed by atoms with Crippen LogP contribution < -0.4 is 22.1 Å². The van der Waals surface area contributed by atoms with Crippen LogP contribution in [0.1, 0.15) is 65.2 Å². The van der Waals surface area contributed by atoms with Gasteiger partial charge in [-0.2, -0.15) is 5.10 Å². The minimum atomic E-state index is -0.720. The zero-order valence-corrected chi connectivity index (χ0v) is 21.6. The van der Waals surface area contributed by atoms with Gasteiger partial charge in [0.15, 0.2) is 0 Å². The lowest BCUT2D eigenvalue weighted by molar-refractivity contribution is -0.138. The van der Waals surface area contributed by atoms with E-state index in [2.05, 4.69) is 20.5 Å². The topological polar surface area (TPSA) is 171 Å². The van der Waals surface area contributed by atoms with Crippen molar-refractivity contribution in [1.82, 2.24) is 20.4 Å². The van der Waals surface area contributed by atoms with E-state index >= 15 is 0 Å². The van der Waals surface area contributed by atoms with E-state index in [1.807, 2.05) is 20.8 Å². The number of ether oxygens (including phenoxy) is 1. The number of hydrogen-bond acceptors (Lipinski definition) is 8. The summed E-state index contributed by atoms with van der Waals surface area (Å²) in [5, 5.41) is 10.5. The van der Waals surface area contributed by atoms with Crippen LogP contribution in [0, 0.1) is 0 Å². The lowest BCUT2D eigenvalue weighted by Gasteiger charge is -2.14. The summed E-state index contributed by atoms with van der Waals surface area (Å²) >= 11 is 6.18. The first-order valence-corrected chi connectivity index (χ1v) is 11.8. The molecule has 0 bridgehead atoms. The average molecular weight is 521 g/mol. The summed E-state index contributed by atoms with van der Waals surface area (Å²) < 4.78 is 6.12. The Hall–Kier alpha value is -3.44. The van der Waals surface area contributed by atoms with E-state index in [1.165, 1.54) is 7.05 Å². The summed E-state index contributed by atoms with van der Waals surface area (Å²) in [6.45, 7) is 7.42. The minimum absolute atomic E-state index is 0.00985. The van der Waals surface area contributed by atoms with Crippen LogP contribution in [0.4, 0.5) is 5.82 Å². The first kappa shape index (κ1) is 28.8. The predicted octanol–water partition coefficient (Wildman–Crippen LogP) is 1.42. The molecule has 2 amide bonds. The van der Waals surface area contributed by atoms with E-state index in [4.69, 9.17) is 23.1 Å². The Morgan fingerprint density at radius 3 is 2.50 bits per heavy atom. The molecule has 11 nitrogen and oxygen atoms in total. The van der Waals surface area contributed by atoms with Crippen LogP contribution in [0.25, 0.3) is 0 Å². The van der Waals surface area contributed by atoms with Crippen LogP contribution in [0.3, 0.4) is 0 Å². The second-order valence-corrected chi connectivity index (χ2v) is 9.67. The number of aromatic nitrogens is 2. The molecule has 2 heterocycles. The van der Waals surface area contributed by atoms with Gasteiger partial charge in [0.05, 0.1) is 18.2 Å². The van der Waals surface area contributed by atoms with Gasteiger partial charge in [0, 0.05) is 30.6 Å². The lowest BCUT2D eigenvalue weighted by Crippen LogP contribution is -2.19. The molecule has 1 aliphatic heterocycles. The van der Waals surface area contributed by atoms with Gasteiger partial charge in [0.25, 0.3) is 18.3 Å². The quantitative estimate of drug-likeness (QED) is 0.378. The van der Waals surface area contributed by atoms with Crippen molar-refractivity contribution in [2.75, 3.05) is 25.9 Å². The summed E-state index contributed by atoms with van der Waals surface area (Å²) in [5.41, 5.74) is 12.5. The van der Waals surface area contributed by atoms with Crippen molar-refractivity contribution in [3.63, 3.8) is 0 Å². The fourth-order valence-electron chi connectivity index (χ4n) is 3.62. The predicted molar refractivity (Wildman–Crippen MR) is 136 cm³/mol. The molecule has 3 rings (SSSR count). The fraction of sp³-hybridized carbons (Fsp3) is 0.458. The molecule has 6 N–H and O–H groups in total. The Morgan fingerprint density at radius 1 is 1.31 bits per heavy atom. The number of rotatable bonds is 8. The molecule has 2 aromatic rings. The molecule has 1 aromatic carbocycles. The highest BCUT2D eigenvalue weighted by molar-refractivity contribution is 6.31. The fourth-order valence-corrected chi connectivity index (χ4v) is 3.80. The first-order chi connectivity index (χ1) is 16.9. The molecule has 1 saturated heterocycles. The largest absolute Gasteiger partial charge is 0.462 e. The van der Waals surface area contributed by atoms with Crippen LogP contribution in [-0.2, 0) is 27.2 Å².